The van der Waals surface area contributed by atoms with Gasteiger partial charge in [0.2, 0.25) is 0 Å². The first-order valence-corrected chi connectivity index (χ1v) is 4.53. The van der Waals surface area contributed by atoms with Crippen LogP contribution in [0, 0.1) is 5.82 Å². The Hall–Kier alpha value is -0.840. The lowest BCUT2D eigenvalue weighted by Crippen LogP contribution is -2.36. The Morgan fingerprint density at radius 2 is 2.29 bits per heavy atom. The fraction of sp³-hybridized carbons (Fsp3) is 0.333. The smallest absolute Gasteiger partial charge is 0.166 e. The predicted molar refractivity (Wildman–Crippen MR) is 49.8 cm³/mol. The van der Waals surface area contributed by atoms with Gasteiger partial charge in [-0.05, 0) is 12.1 Å². The van der Waals surface area contributed by atoms with Crippen molar-refractivity contribution < 1.29 is 14.2 Å². The molecule has 0 radical (unpaired) electrons. The van der Waals surface area contributed by atoms with E-state index in [-0.39, 0.29) is 17.4 Å². The van der Waals surface area contributed by atoms with Crippen LogP contribution in [0.4, 0.5) is 4.39 Å². The number of nitrogens with two attached hydrogens (primary N) is 1. The van der Waals surface area contributed by atoms with Crippen LogP contribution in [-0.4, -0.2) is 17.8 Å². The fourth-order valence-corrected chi connectivity index (χ4v) is 1.67. The van der Waals surface area contributed by atoms with Crippen molar-refractivity contribution in [2.75, 3.05) is 6.61 Å². The Morgan fingerprint density at radius 3 is 3.00 bits per heavy atom. The summed E-state index contributed by atoms with van der Waals surface area (Å²) in [6.07, 6.45) is -0.819. The molecular formula is C9H9ClFNO2. The molecule has 14 heavy (non-hydrogen) atoms. The third-order valence-electron chi connectivity index (χ3n) is 2.21. The zero-order valence-corrected chi connectivity index (χ0v) is 7.96. The Kier molecular flexibility index (Phi) is 2.34. The molecule has 1 aliphatic rings. The quantitative estimate of drug-likeness (QED) is 0.687. The van der Waals surface area contributed by atoms with Crippen molar-refractivity contribution >= 4 is 11.6 Å². The van der Waals surface area contributed by atoms with E-state index >= 15 is 0 Å². The van der Waals surface area contributed by atoms with Crippen LogP contribution < -0.4 is 10.5 Å². The van der Waals surface area contributed by atoms with Crippen molar-refractivity contribution in [3.05, 3.63) is 28.5 Å². The summed E-state index contributed by atoms with van der Waals surface area (Å²) >= 11 is 5.66. The molecule has 2 atom stereocenters. The summed E-state index contributed by atoms with van der Waals surface area (Å²) in [7, 11) is 0. The van der Waals surface area contributed by atoms with Gasteiger partial charge in [0.15, 0.2) is 11.6 Å². The van der Waals surface area contributed by atoms with Gasteiger partial charge >= 0.3 is 0 Å². The first-order valence-electron chi connectivity index (χ1n) is 4.15. The molecule has 0 saturated carbocycles. The standard InChI is InChI=1S/C9H9ClFNO2/c10-4-1-5-8(12)7(13)3-14-9(5)6(11)2-4/h1-2,7-8,13H,3,12H2. The Bertz CT molecular complexity index is 372. The van der Waals surface area contributed by atoms with Gasteiger partial charge in [-0.1, -0.05) is 11.6 Å². The van der Waals surface area contributed by atoms with Crippen molar-refractivity contribution in [3.63, 3.8) is 0 Å². The lowest BCUT2D eigenvalue weighted by Gasteiger charge is -2.27. The minimum Gasteiger partial charge on any atom is -0.487 e. The molecule has 0 fully saturated rings. The number of aliphatic hydroxyl groups is 1. The van der Waals surface area contributed by atoms with Crippen molar-refractivity contribution in [1.29, 1.82) is 0 Å². The fourth-order valence-electron chi connectivity index (χ4n) is 1.46. The van der Waals surface area contributed by atoms with Crippen LogP contribution in [0.15, 0.2) is 12.1 Å². The Labute approximate surface area is 85.2 Å². The van der Waals surface area contributed by atoms with E-state index in [1.54, 1.807) is 0 Å². The van der Waals surface area contributed by atoms with Gasteiger partial charge in [0, 0.05) is 10.6 Å². The lowest BCUT2D eigenvalue weighted by molar-refractivity contribution is 0.0652. The third kappa shape index (κ3) is 1.45. The van der Waals surface area contributed by atoms with Gasteiger partial charge in [-0.2, -0.15) is 0 Å². The van der Waals surface area contributed by atoms with Crippen molar-refractivity contribution in [1.82, 2.24) is 0 Å². The van der Waals surface area contributed by atoms with Crippen LogP contribution in [0.1, 0.15) is 11.6 Å². The van der Waals surface area contributed by atoms with E-state index in [9.17, 15) is 9.50 Å². The first-order chi connectivity index (χ1) is 6.59. The normalized spacial score (nSPS) is 25.4. The lowest BCUT2D eigenvalue weighted by atomic mass is 9.99. The molecule has 1 aliphatic heterocycles. The molecule has 0 spiro atoms. The van der Waals surface area contributed by atoms with Gasteiger partial charge in [-0.15, -0.1) is 0 Å². The van der Waals surface area contributed by atoms with E-state index in [0.29, 0.717) is 5.56 Å². The highest BCUT2D eigenvalue weighted by Gasteiger charge is 2.28. The van der Waals surface area contributed by atoms with Gasteiger partial charge < -0.3 is 15.6 Å². The molecule has 0 aromatic heterocycles. The summed E-state index contributed by atoms with van der Waals surface area (Å²) in [4.78, 5) is 0. The van der Waals surface area contributed by atoms with Gasteiger partial charge in [-0.3, -0.25) is 0 Å². The van der Waals surface area contributed by atoms with Crippen molar-refractivity contribution in [2.45, 2.75) is 12.1 Å². The van der Waals surface area contributed by atoms with E-state index < -0.39 is 18.0 Å². The van der Waals surface area contributed by atoms with Gasteiger partial charge in [0.1, 0.15) is 12.7 Å². The SMILES string of the molecule is NC1c2cc(Cl)cc(F)c2OCC1O. The number of hydrogen-bond donors (Lipinski definition) is 2. The highest BCUT2D eigenvalue weighted by Crippen LogP contribution is 2.35. The summed E-state index contributed by atoms with van der Waals surface area (Å²) < 4.78 is 18.3. The van der Waals surface area contributed by atoms with E-state index in [2.05, 4.69) is 0 Å². The maximum Gasteiger partial charge on any atom is 0.166 e. The minimum atomic E-state index is -0.819. The molecule has 2 rings (SSSR count). The van der Waals surface area contributed by atoms with Crippen molar-refractivity contribution in [3.8, 4) is 5.75 Å². The number of halogens is 2. The molecule has 3 nitrogen and oxygen atoms in total. The van der Waals surface area contributed by atoms with Crippen LogP contribution >= 0.6 is 11.6 Å². The van der Waals surface area contributed by atoms with Gasteiger partial charge in [-0.25, -0.2) is 4.39 Å². The summed E-state index contributed by atoms with van der Waals surface area (Å²) in [6, 6.07) is 2.02. The van der Waals surface area contributed by atoms with Gasteiger partial charge in [0.25, 0.3) is 0 Å². The molecule has 2 unspecified atom stereocenters. The van der Waals surface area contributed by atoms with Crippen LogP contribution in [0.3, 0.4) is 0 Å². The molecule has 1 heterocycles. The molecule has 0 saturated heterocycles. The van der Waals surface area contributed by atoms with Crippen LogP contribution in [-0.2, 0) is 0 Å². The Balaban J connectivity index is 2.54. The number of rotatable bonds is 0. The zero-order valence-electron chi connectivity index (χ0n) is 7.21. The molecule has 0 aliphatic carbocycles. The predicted octanol–water partition coefficient (Wildman–Crippen LogP) is 1.23. The number of hydrogen-bond acceptors (Lipinski definition) is 3. The Morgan fingerprint density at radius 1 is 1.57 bits per heavy atom. The highest BCUT2D eigenvalue weighted by molar-refractivity contribution is 6.30. The van der Waals surface area contributed by atoms with E-state index in [0.717, 1.165) is 6.07 Å². The molecular weight excluding hydrogens is 209 g/mol. The molecule has 0 bridgehead atoms. The molecule has 1 aromatic rings. The number of aliphatic hydroxyl groups excluding tert-OH is 1. The molecule has 1 aromatic carbocycles. The highest BCUT2D eigenvalue weighted by atomic mass is 35.5. The zero-order chi connectivity index (χ0) is 10.3. The molecule has 76 valence electrons. The summed E-state index contributed by atoms with van der Waals surface area (Å²) in [5.74, 6) is -0.456. The maximum atomic E-state index is 13.3. The first kappa shape index (κ1) is 9.71. The summed E-state index contributed by atoms with van der Waals surface area (Å²) in [6.45, 7) is 0.00667. The summed E-state index contributed by atoms with van der Waals surface area (Å²) in [5, 5.41) is 9.64. The maximum absolute atomic E-state index is 13.3. The summed E-state index contributed by atoms with van der Waals surface area (Å²) in [5.41, 5.74) is 6.08. The molecule has 3 N–H and O–H groups in total. The van der Waals surface area contributed by atoms with E-state index in [1.807, 2.05) is 0 Å². The molecule has 5 heteroatoms. The second kappa shape index (κ2) is 3.38. The topological polar surface area (TPSA) is 55.5 Å². The van der Waals surface area contributed by atoms with Crippen LogP contribution in [0.25, 0.3) is 0 Å². The van der Waals surface area contributed by atoms with Crippen molar-refractivity contribution in [2.24, 2.45) is 5.73 Å². The number of benzene rings is 1. The van der Waals surface area contributed by atoms with Crippen LogP contribution in [0.5, 0.6) is 5.75 Å². The number of fused-ring (bicyclic) bond motifs is 1. The van der Waals surface area contributed by atoms with Crippen LogP contribution in [0.2, 0.25) is 5.02 Å². The average Bonchev–Trinajstić information content (AvgIpc) is 2.12. The largest absolute Gasteiger partial charge is 0.487 e. The third-order valence-corrected chi connectivity index (χ3v) is 2.43. The second-order valence-corrected chi connectivity index (χ2v) is 3.65. The molecule has 0 amide bonds. The minimum absolute atomic E-state index is 0.00667. The van der Waals surface area contributed by atoms with Gasteiger partial charge in [0.05, 0.1) is 6.04 Å². The average molecular weight is 218 g/mol. The monoisotopic (exact) mass is 217 g/mol. The number of ether oxygens (including phenoxy) is 1. The second-order valence-electron chi connectivity index (χ2n) is 3.21. The van der Waals surface area contributed by atoms with E-state index in [4.69, 9.17) is 22.1 Å². The van der Waals surface area contributed by atoms with E-state index in [1.165, 1.54) is 6.07 Å².